The molecule has 5 rings (SSSR count). The summed E-state index contributed by atoms with van der Waals surface area (Å²) in [5.74, 6) is -0.193. The van der Waals surface area contributed by atoms with Crippen LogP contribution >= 0.6 is 0 Å². The summed E-state index contributed by atoms with van der Waals surface area (Å²) in [5.41, 5.74) is 2.52. The molecule has 1 aromatic carbocycles. The van der Waals surface area contributed by atoms with E-state index >= 15 is 0 Å². The first-order valence-electron chi connectivity index (χ1n) is 12.6. The van der Waals surface area contributed by atoms with Crippen LogP contribution in [-0.4, -0.2) is 69.4 Å². The summed E-state index contributed by atoms with van der Waals surface area (Å²) in [7, 11) is 1.71. The first-order chi connectivity index (χ1) is 17.8. The summed E-state index contributed by atoms with van der Waals surface area (Å²) in [5, 5.41) is 6.76. The summed E-state index contributed by atoms with van der Waals surface area (Å²) < 4.78 is 13.9. The molecular weight excluding hydrogens is 473 g/mol. The van der Waals surface area contributed by atoms with Gasteiger partial charge in [0.15, 0.2) is 0 Å². The lowest BCUT2D eigenvalue weighted by Gasteiger charge is -2.32. The fourth-order valence-electron chi connectivity index (χ4n) is 5.31. The number of carbonyl (C=O) groups excluding carboxylic acids is 2. The van der Waals surface area contributed by atoms with Gasteiger partial charge in [-0.25, -0.2) is 14.4 Å². The highest BCUT2D eigenvalue weighted by molar-refractivity contribution is 5.98. The van der Waals surface area contributed by atoms with E-state index in [1.807, 2.05) is 36.0 Å². The third kappa shape index (κ3) is 4.46. The number of halogens is 1. The van der Waals surface area contributed by atoms with Gasteiger partial charge in [-0.3, -0.25) is 9.59 Å². The highest BCUT2D eigenvalue weighted by atomic mass is 19.1. The number of aromatic amines is 1. The van der Waals surface area contributed by atoms with E-state index in [1.165, 1.54) is 12.1 Å². The van der Waals surface area contributed by atoms with Crippen LogP contribution in [0.4, 0.5) is 10.3 Å². The number of rotatable bonds is 7. The molecule has 3 aromatic rings. The van der Waals surface area contributed by atoms with Crippen molar-refractivity contribution in [2.45, 2.75) is 51.4 Å². The minimum absolute atomic E-state index is 0.0634. The molecule has 1 saturated heterocycles. The number of benzene rings is 1. The van der Waals surface area contributed by atoms with Gasteiger partial charge in [-0.15, -0.1) is 0 Å². The van der Waals surface area contributed by atoms with E-state index in [1.54, 1.807) is 38.5 Å². The maximum Gasteiger partial charge on any atom is 0.246 e. The van der Waals surface area contributed by atoms with Gasteiger partial charge in [-0.2, -0.15) is 0 Å². The Bertz CT molecular complexity index is 1340. The second-order valence-corrected chi connectivity index (χ2v) is 10.0. The quantitative estimate of drug-likeness (QED) is 0.456. The van der Waals surface area contributed by atoms with E-state index in [9.17, 15) is 14.0 Å². The summed E-state index contributed by atoms with van der Waals surface area (Å²) in [6.45, 7) is 6.17. The Morgan fingerprint density at radius 3 is 2.65 bits per heavy atom. The standard InChI is InChI=1S/C27H32FN7O2/c1-15(2)23(33-25(36)16(3)29-4)26(37)34-11-8-22-24(34)20(14-35(22)27-30-9-5-10-31-27)19-13-32-21-12-17(28)6-7-18(19)21/h5-7,9-10,12-16,22-24,29,32H,8,11H2,1-4H3,(H,33,36). The summed E-state index contributed by atoms with van der Waals surface area (Å²) in [4.78, 5) is 42.7. The predicted molar refractivity (Wildman–Crippen MR) is 140 cm³/mol. The molecule has 0 saturated carbocycles. The number of likely N-dealkylation sites (tertiary alicyclic amines) is 1. The molecule has 1 fully saturated rings. The second-order valence-electron chi connectivity index (χ2n) is 10.0. The normalized spacial score (nSPS) is 20.8. The first-order valence-corrected chi connectivity index (χ1v) is 12.6. The van der Waals surface area contributed by atoms with Crippen molar-refractivity contribution in [2.75, 3.05) is 18.5 Å². The fourth-order valence-corrected chi connectivity index (χ4v) is 5.31. The van der Waals surface area contributed by atoms with E-state index in [4.69, 9.17) is 0 Å². The van der Waals surface area contributed by atoms with Crippen LogP contribution in [0.5, 0.6) is 0 Å². The van der Waals surface area contributed by atoms with Crippen molar-refractivity contribution in [3.8, 4) is 0 Å². The number of H-pyrrole nitrogens is 1. The average Bonchev–Trinajstić information content (AvgIpc) is 3.60. The van der Waals surface area contributed by atoms with E-state index in [0.29, 0.717) is 18.0 Å². The molecule has 37 heavy (non-hydrogen) atoms. The second kappa shape index (κ2) is 9.93. The number of nitrogens with one attached hydrogen (secondary N) is 3. The van der Waals surface area contributed by atoms with E-state index in [2.05, 4.69) is 25.6 Å². The zero-order valence-electron chi connectivity index (χ0n) is 21.4. The van der Waals surface area contributed by atoms with Crippen molar-refractivity contribution in [1.82, 2.24) is 30.5 Å². The smallest absolute Gasteiger partial charge is 0.246 e. The van der Waals surface area contributed by atoms with Gasteiger partial charge in [-0.1, -0.05) is 13.8 Å². The van der Waals surface area contributed by atoms with Crippen LogP contribution in [0.25, 0.3) is 16.5 Å². The van der Waals surface area contributed by atoms with E-state index in [-0.39, 0.29) is 35.6 Å². The lowest BCUT2D eigenvalue weighted by molar-refractivity contribution is -0.138. The molecule has 9 nitrogen and oxygen atoms in total. The Morgan fingerprint density at radius 1 is 1.19 bits per heavy atom. The topological polar surface area (TPSA) is 106 Å². The van der Waals surface area contributed by atoms with Crippen molar-refractivity contribution in [1.29, 1.82) is 0 Å². The molecule has 3 N–H and O–H groups in total. The van der Waals surface area contributed by atoms with Crippen molar-refractivity contribution in [3.63, 3.8) is 0 Å². The number of hydrogen-bond donors (Lipinski definition) is 3. The van der Waals surface area contributed by atoms with E-state index < -0.39 is 12.1 Å². The summed E-state index contributed by atoms with van der Waals surface area (Å²) in [6.07, 6.45) is 7.98. The van der Waals surface area contributed by atoms with Crippen LogP contribution in [-0.2, 0) is 9.59 Å². The Balaban J connectivity index is 1.54. The van der Waals surface area contributed by atoms with Crippen LogP contribution in [0.1, 0.15) is 32.8 Å². The molecule has 0 spiro atoms. The molecule has 2 aliphatic heterocycles. The molecule has 194 valence electrons. The Hall–Kier alpha value is -3.79. The zero-order valence-corrected chi connectivity index (χ0v) is 21.4. The van der Waals surface area contributed by atoms with Gasteiger partial charge in [-0.05, 0) is 50.6 Å². The van der Waals surface area contributed by atoms with Gasteiger partial charge in [0.1, 0.15) is 11.9 Å². The maximum absolute atomic E-state index is 14.0. The summed E-state index contributed by atoms with van der Waals surface area (Å²) >= 11 is 0. The average molecular weight is 506 g/mol. The Labute approximate surface area is 215 Å². The molecule has 2 aliphatic rings. The Morgan fingerprint density at radius 2 is 1.95 bits per heavy atom. The van der Waals surface area contributed by atoms with Gasteiger partial charge in [0.2, 0.25) is 17.8 Å². The molecule has 10 heteroatoms. The molecule has 4 heterocycles. The third-order valence-electron chi connectivity index (χ3n) is 7.40. The number of fused-ring (bicyclic) bond motifs is 2. The zero-order chi connectivity index (χ0) is 26.3. The Kier molecular flexibility index (Phi) is 6.68. The number of nitrogens with zero attached hydrogens (tertiary/aromatic N) is 4. The molecule has 4 atom stereocenters. The SMILES string of the molecule is CNC(C)C(=O)NC(C(=O)N1CCC2C1C(c1c[nH]c3cc(F)ccc13)=CN2c1ncccn1)C(C)C. The van der Waals surface area contributed by atoms with Crippen LogP contribution < -0.4 is 15.5 Å². The minimum atomic E-state index is -0.664. The highest BCUT2D eigenvalue weighted by Gasteiger charge is 2.49. The van der Waals surface area contributed by atoms with Gasteiger partial charge in [0, 0.05) is 53.4 Å². The molecule has 0 aliphatic carbocycles. The van der Waals surface area contributed by atoms with Gasteiger partial charge >= 0.3 is 0 Å². The van der Waals surface area contributed by atoms with Crippen LogP contribution in [0.2, 0.25) is 0 Å². The largest absolute Gasteiger partial charge is 0.360 e. The van der Waals surface area contributed by atoms with E-state index in [0.717, 1.165) is 22.9 Å². The number of anilines is 1. The number of aromatic nitrogens is 3. The van der Waals surface area contributed by atoms with Crippen LogP contribution in [0, 0.1) is 11.7 Å². The fraction of sp³-hybridized carbons (Fsp3) is 0.407. The molecule has 0 bridgehead atoms. The van der Waals surface area contributed by atoms with Crippen molar-refractivity contribution >= 4 is 34.2 Å². The number of hydrogen-bond acceptors (Lipinski definition) is 6. The van der Waals surface area contributed by atoms with Crippen molar-refractivity contribution in [3.05, 3.63) is 60.4 Å². The molecule has 4 unspecified atom stereocenters. The van der Waals surface area contributed by atoms with Crippen molar-refractivity contribution < 1.29 is 14.0 Å². The van der Waals surface area contributed by atoms with Gasteiger partial charge in [0.05, 0.1) is 18.1 Å². The van der Waals surface area contributed by atoms with Crippen LogP contribution in [0.3, 0.4) is 0 Å². The third-order valence-corrected chi connectivity index (χ3v) is 7.40. The molecule has 2 aromatic heterocycles. The lowest BCUT2D eigenvalue weighted by Crippen LogP contribution is -2.56. The predicted octanol–water partition coefficient (Wildman–Crippen LogP) is 2.68. The maximum atomic E-state index is 14.0. The monoisotopic (exact) mass is 505 g/mol. The van der Waals surface area contributed by atoms with Crippen LogP contribution in [0.15, 0.2) is 49.1 Å². The molecule has 2 amide bonds. The highest BCUT2D eigenvalue weighted by Crippen LogP contribution is 2.43. The number of carbonyl (C=O) groups is 2. The van der Waals surface area contributed by atoms with Gasteiger partial charge < -0.3 is 25.4 Å². The molecular formula is C27H32FN7O2. The molecule has 0 radical (unpaired) electrons. The lowest BCUT2D eigenvalue weighted by atomic mass is 9.95. The number of amides is 2. The van der Waals surface area contributed by atoms with Crippen molar-refractivity contribution in [2.24, 2.45) is 5.92 Å². The van der Waals surface area contributed by atoms with Gasteiger partial charge in [0.25, 0.3) is 0 Å². The summed E-state index contributed by atoms with van der Waals surface area (Å²) in [6, 6.07) is 5.01. The minimum Gasteiger partial charge on any atom is -0.360 e. The number of likely N-dealkylation sites (N-methyl/N-ethyl adjacent to an activating group) is 1. The first kappa shape index (κ1) is 24.9.